The fourth-order valence-electron chi connectivity index (χ4n) is 3.55. The van der Waals surface area contributed by atoms with E-state index in [0.29, 0.717) is 0 Å². The molecule has 0 bridgehead atoms. The number of carbonyl (C=O) groups is 2. The number of para-hydroxylation sites is 1. The van der Waals surface area contributed by atoms with Gasteiger partial charge in [0.1, 0.15) is 6.04 Å². The molecule has 142 valence electrons. The SMILES string of the molecule is CNC(=O)NC(=O)[C@H](c1ccccc1)N1CCN(c2ccccc2C)CC1. The van der Waals surface area contributed by atoms with Crippen molar-refractivity contribution >= 4 is 17.6 Å². The summed E-state index contributed by atoms with van der Waals surface area (Å²) < 4.78 is 0. The van der Waals surface area contributed by atoms with Crippen molar-refractivity contribution in [1.29, 1.82) is 0 Å². The minimum atomic E-state index is -0.487. The maximum absolute atomic E-state index is 12.8. The number of nitrogens with one attached hydrogen (secondary N) is 2. The Morgan fingerprint density at radius 3 is 2.19 bits per heavy atom. The van der Waals surface area contributed by atoms with Crippen LogP contribution in [0.1, 0.15) is 17.2 Å². The van der Waals surface area contributed by atoms with Crippen LogP contribution in [-0.2, 0) is 4.79 Å². The molecule has 1 aliphatic heterocycles. The minimum Gasteiger partial charge on any atom is -0.369 e. The predicted molar refractivity (Wildman–Crippen MR) is 107 cm³/mol. The Kier molecular flexibility index (Phi) is 6.08. The van der Waals surface area contributed by atoms with E-state index in [-0.39, 0.29) is 5.91 Å². The van der Waals surface area contributed by atoms with Gasteiger partial charge < -0.3 is 10.2 Å². The number of carbonyl (C=O) groups excluding carboxylic acids is 2. The monoisotopic (exact) mass is 366 g/mol. The summed E-state index contributed by atoms with van der Waals surface area (Å²) in [6.45, 7) is 5.28. The van der Waals surface area contributed by atoms with Gasteiger partial charge in [0.05, 0.1) is 0 Å². The number of aryl methyl sites for hydroxylation is 1. The number of amides is 3. The third-order valence-electron chi connectivity index (χ3n) is 4.96. The van der Waals surface area contributed by atoms with E-state index in [1.807, 2.05) is 36.4 Å². The summed E-state index contributed by atoms with van der Waals surface area (Å²) in [5.41, 5.74) is 3.38. The van der Waals surface area contributed by atoms with Gasteiger partial charge in [0.25, 0.3) is 0 Å². The van der Waals surface area contributed by atoms with Gasteiger partial charge in [-0.15, -0.1) is 0 Å². The van der Waals surface area contributed by atoms with Crippen LogP contribution in [0, 0.1) is 6.92 Å². The highest BCUT2D eigenvalue weighted by Crippen LogP contribution is 2.26. The van der Waals surface area contributed by atoms with Crippen molar-refractivity contribution < 1.29 is 9.59 Å². The molecule has 1 fully saturated rings. The molecule has 2 N–H and O–H groups in total. The Hall–Kier alpha value is -2.86. The molecule has 1 atom stereocenters. The predicted octanol–water partition coefficient (Wildman–Crippen LogP) is 2.31. The third-order valence-corrected chi connectivity index (χ3v) is 4.96. The lowest BCUT2D eigenvalue weighted by molar-refractivity contribution is -0.125. The molecule has 6 nitrogen and oxygen atoms in total. The molecule has 0 saturated carbocycles. The molecule has 0 radical (unpaired) electrons. The lowest BCUT2D eigenvalue weighted by Gasteiger charge is -2.40. The molecule has 2 aromatic carbocycles. The Morgan fingerprint density at radius 1 is 0.926 bits per heavy atom. The maximum atomic E-state index is 12.8. The number of hydrogen-bond donors (Lipinski definition) is 2. The lowest BCUT2D eigenvalue weighted by atomic mass is 10.0. The lowest BCUT2D eigenvalue weighted by Crippen LogP contribution is -2.52. The van der Waals surface area contributed by atoms with Gasteiger partial charge in [-0.2, -0.15) is 0 Å². The highest BCUT2D eigenvalue weighted by atomic mass is 16.2. The van der Waals surface area contributed by atoms with Gasteiger partial charge in [0.2, 0.25) is 5.91 Å². The van der Waals surface area contributed by atoms with Gasteiger partial charge in [-0.25, -0.2) is 4.79 Å². The summed E-state index contributed by atoms with van der Waals surface area (Å²) in [6, 6.07) is 17.0. The summed E-state index contributed by atoms with van der Waals surface area (Å²) >= 11 is 0. The van der Waals surface area contributed by atoms with Crippen LogP contribution in [0.4, 0.5) is 10.5 Å². The van der Waals surface area contributed by atoms with E-state index in [1.54, 1.807) is 0 Å². The first kappa shape index (κ1) is 18.9. The number of benzene rings is 2. The molecule has 3 amide bonds. The second-order valence-electron chi connectivity index (χ2n) is 6.69. The van der Waals surface area contributed by atoms with Gasteiger partial charge >= 0.3 is 6.03 Å². The number of imide groups is 1. The Bertz CT molecular complexity index is 786. The standard InChI is InChI=1S/C21H26N4O2/c1-16-8-6-7-11-18(16)24-12-14-25(15-13-24)19(17-9-4-3-5-10-17)20(26)23-21(27)22-2/h3-11,19H,12-15H2,1-2H3,(H2,22,23,26,27)/t19-/m0/s1. The number of hydrogen-bond acceptors (Lipinski definition) is 4. The number of nitrogens with zero attached hydrogens (tertiary/aromatic N) is 2. The largest absolute Gasteiger partial charge is 0.369 e. The highest BCUT2D eigenvalue weighted by molar-refractivity contribution is 5.97. The summed E-state index contributed by atoms with van der Waals surface area (Å²) in [5.74, 6) is -0.301. The fourth-order valence-corrected chi connectivity index (χ4v) is 3.55. The van der Waals surface area contributed by atoms with Gasteiger partial charge in [-0.05, 0) is 24.1 Å². The molecule has 1 aliphatic rings. The first-order valence-corrected chi connectivity index (χ1v) is 9.22. The van der Waals surface area contributed by atoms with Crippen molar-refractivity contribution in [2.45, 2.75) is 13.0 Å². The molecule has 1 heterocycles. The molecular weight excluding hydrogens is 340 g/mol. The smallest absolute Gasteiger partial charge is 0.321 e. The van der Waals surface area contributed by atoms with Crippen LogP contribution in [0.15, 0.2) is 54.6 Å². The zero-order valence-corrected chi connectivity index (χ0v) is 15.8. The second kappa shape index (κ2) is 8.68. The Labute approximate surface area is 160 Å². The zero-order chi connectivity index (χ0) is 19.2. The second-order valence-corrected chi connectivity index (χ2v) is 6.69. The van der Waals surface area contributed by atoms with Gasteiger partial charge in [0.15, 0.2) is 0 Å². The molecule has 2 aromatic rings. The molecule has 6 heteroatoms. The van der Waals surface area contributed by atoms with Crippen LogP contribution in [0.3, 0.4) is 0 Å². The van der Waals surface area contributed by atoms with Crippen molar-refractivity contribution in [3.05, 3.63) is 65.7 Å². The number of rotatable bonds is 4. The molecule has 0 unspecified atom stereocenters. The Morgan fingerprint density at radius 2 is 1.56 bits per heavy atom. The van der Waals surface area contributed by atoms with Crippen molar-refractivity contribution in [1.82, 2.24) is 15.5 Å². The minimum absolute atomic E-state index is 0.301. The third kappa shape index (κ3) is 4.46. The maximum Gasteiger partial charge on any atom is 0.321 e. The molecule has 3 rings (SSSR count). The molecule has 0 aliphatic carbocycles. The van der Waals surface area contributed by atoms with Crippen LogP contribution in [0.2, 0.25) is 0 Å². The number of urea groups is 1. The average molecular weight is 366 g/mol. The first-order chi connectivity index (χ1) is 13.1. The molecule has 1 saturated heterocycles. The van der Waals surface area contributed by atoms with Crippen molar-refractivity contribution in [2.24, 2.45) is 0 Å². The summed E-state index contributed by atoms with van der Waals surface area (Å²) in [7, 11) is 1.50. The van der Waals surface area contributed by atoms with Crippen molar-refractivity contribution in [2.75, 3.05) is 38.1 Å². The molecule has 0 aromatic heterocycles. The van der Waals surface area contributed by atoms with E-state index in [4.69, 9.17) is 0 Å². The van der Waals surface area contributed by atoms with Crippen LogP contribution in [0.25, 0.3) is 0 Å². The van der Waals surface area contributed by atoms with Gasteiger partial charge in [-0.1, -0.05) is 48.5 Å². The van der Waals surface area contributed by atoms with E-state index in [9.17, 15) is 9.59 Å². The summed E-state index contributed by atoms with van der Waals surface area (Å²) in [4.78, 5) is 28.9. The van der Waals surface area contributed by atoms with Crippen LogP contribution in [0.5, 0.6) is 0 Å². The summed E-state index contributed by atoms with van der Waals surface area (Å²) in [5, 5.41) is 4.88. The molecular formula is C21H26N4O2. The van der Waals surface area contributed by atoms with Crippen molar-refractivity contribution in [3.8, 4) is 0 Å². The van der Waals surface area contributed by atoms with E-state index in [1.165, 1.54) is 18.3 Å². The quantitative estimate of drug-likeness (QED) is 0.872. The van der Waals surface area contributed by atoms with E-state index >= 15 is 0 Å². The normalized spacial score (nSPS) is 15.9. The first-order valence-electron chi connectivity index (χ1n) is 9.22. The summed E-state index contributed by atoms with van der Waals surface area (Å²) in [6.07, 6.45) is 0. The van der Waals surface area contributed by atoms with Crippen LogP contribution >= 0.6 is 0 Å². The van der Waals surface area contributed by atoms with Crippen molar-refractivity contribution in [3.63, 3.8) is 0 Å². The van der Waals surface area contributed by atoms with Gasteiger partial charge in [-0.3, -0.25) is 15.0 Å². The average Bonchev–Trinajstić information content (AvgIpc) is 2.70. The molecule has 27 heavy (non-hydrogen) atoms. The number of piperazine rings is 1. The molecule has 0 spiro atoms. The van der Waals surface area contributed by atoms with Crippen LogP contribution < -0.4 is 15.5 Å². The highest BCUT2D eigenvalue weighted by Gasteiger charge is 2.31. The zero-order valence-electron chi connectivity index (χ0n) is 15.8. The van der Waals surface area contributed by atoms with E-state index < -0.39 is 12.1 Å². The Balaban J connectivity index is 1.75. The van der Waals surface area contributed by atoms with Gasteiger partial charge in [0, 0.05) is 38.9 Å². The number of anilines is 1. The topological polar surface area (TPSA) is 64.7 Å². The van der Waals surface area contributed by atoms with E-state index in [2.05, 4.69) is 45.6 Å². The van der Waals surface area contributed by atoms with E-state index in [0.717, 1.165) is 31.7 Å². The van der Waals surface area contributed by atoms with Crippen LogP contribution in [-0.4, -0.2) is 50.1 Å². The fraction of sp³-hybridized carbons (Fsp3) is 0.333.